The molecule has 0 unspecified atom stereocenters. The summed E-state index contributed by atoms with van der Waals surface area (Å²) in [4.78, 5) is 16.4. The number of pyridine rings is 1. The Morgan fingerprint density at radius 3 is 2.44 bits per heavy atom. The van der Waals surface area contributed by atoms with Gasteiger partial charge in [-0.25, -0.2) is 4.98 Å². The van der Waals surface area contributed by atoms with Crippen LogP contribution in [-0.2, 0) is 22.7 Å². The molecule has 0 bridgehead atoms. The maximum absolute atomic E-state index is 12.2. The Hall–Kier alpha value is -3.18. The molecule has 0 aliphatic rings. The van der Waals surface area contributed by atoms with E-state index in [2.05, 4.69) is 10.3 Å². The smallest absolute Gasteiger partial charge is 0.249 e. The standard InChI is InChI=1S/C22H22N2O3/c1-17(26-16-18-8-4-2-5-9-18)22(25)24-15-19-12-13-23-21(14-19)27-20-10-6-3-7-11-20/h2-14,17H,15-16H2,1H3,(H,24,25)/t17-/m0/s1. The molecule has 0 aliphatic carbocycles. The first-order valence-electron chi connectivity index (χ1n) is 8.82. The Balaban J connectivity index is 1.49. The Kier molecular flexibility index (Phi) is 6.55. The van der Waals surface area contributed by atoms with Gasteiger partial charge in [-0.15, -0.1) is 0 Å². The van der Waals surface area contributed by atoms with Gasteiger partial charge in [0.15, 0.2) is 0 Å². The number of para-hydroxylation sites is 1. The fraction of sp³-hybridized carbons (Fsp3) is 0.182. The quantitative estimate of drug-likeness (QED) is 0.655. The molecule has 5 nitrogen and oxygen atoms in total. The summed E-state index contributed by atoms with van der Waals surface area (Å²) in [5, 5.41) is 2.88. The number of hydrogen-bond acceptors (Lipinski definition) is 4. The molecule has 1 N–H and O–H groups in total. The molecule has 0 saturated carbocycles. The summed E-state index contributed by atoms with van der Waals surface area (Å²) in [6, 6.07) is 22.9. The summed E-state index contributed by atoms with van der Waals surface area (Å²) < 4.78 is 11.3. The van der Waals surface area contributed by atoms with Gasteiger partial charge in [0, 0.05) is 18.8 Å². The number of carbonyl (C=O) groups excluding carboxylic acids is 1. The third-order valence-electron chi connectivity index (χ3n) is 3.94. The second-order valence-corrected chi connectivity index (χ2v) is 6.07. The summed E-state index contributed by atoms with van der Waals surface area (Å²) in [5.74, 6) is 1.05. The molecule has 0 radical (unpaired) electrons. The van der Waals surface area contributed by atoms with Gasteiger partial charge in [-0.05, 0) is 36.2 Å². The van der Waals surface area contributed by atoms with Gasteiger partial charge in [0.2, 0.25) is 11.8 Å². The topological polar surface area (TPSA) is 60.5 Å². The van der Waals surface area contributed by atoms with E-state index in [1.54, 1.807) is 13.1 Å². The summed E-state index contributed by atoms with van der Waals surface area (Å²) in [6.07, 6.45) is 1.13. The lowest BCUT2D eigenvalue weighted by Crippen LogP contribution is -2.34. The average Bonchev–Trinajstić information content (AvgIpc) is 2.72. The van der Waals surface area contributed by atoms with E-state index in [1.165, 1.54) is 0 Å². The maximum Gasteiger partial charge on any atom is 0.249 e. The molecule has 1 aromatic heterocycles. The van der Waals surface area contributed by atoms with Crippen LogP contribution in [0.4, 0.5) is 0 Å². The zero-order valence-corrected chi connectivity index (χ0v) is 15.2. The molecular weight excluding hydrogens is 340 g/mol. The maximum atomic E-state index is 12.2. The van der Waals surface area contributed by atoms with Crippen LogP contribution in [0.25, 0.3) is 0 Å². The first-order chi connectivity index (χ1) is 13.2. The fourth-order valence-corrected chi connectivity index (χ4v) is 2.43. The molecule has 0 spiro atoms. The van der Waals surface area contributed by atoms with Crippen LogP contribution in [-0.4, -0.2) is 17.0 Å². The van der Waals surface area contributed by atoms with Crippen LogP contribution in [0.1, 0.15) is 18.1 Å². The Morgan fingerprint density at radius 2 is 1.70 bits per heavy atom. The SMILES string of the molecule is C[C@H](OCc1ccccc1)C(=O)NCc1ccnc(Oc2ccccc2)c1. The molecule has 1 atom stereocenters. The van der Waals surface area contributed by atoms with Crippen LogP contribution in [0.5, 0.6) is 11.6 Å². The van der Waals surface area contributed by atoms with Crippen molar-refractivity contribution in [3.05, 3.63) is 90.1 Å². The van der Waals surface area contributed by atoms with Gasteiger partial charge in [0.05, 0.1) is 6.61 Å². The Morgan fingerprint density at radius 1 is 1.00 bits per heavy atom. The molecule has 3 rings (SSSR count). The van der Waals surface area contributed by atoms with Crippen LogP contribution in [0.15, 0.2) is 79.0 Å². The summed E-state index contributed by atoms with van der Waals surface area (Å²) >= 11 is 0. The molecular formula is C22H22N2O3. The van der Waals surface area contributed by atoms with Crippen molar-refractivity contribution < 1.29 is 14.3 Å². The lowest BCUT2D eigenvalue weighted by atomic mass is 10.2. The lowest BCUT2D eigenvalue weighted by molar-refractivity contribution is -0.132. The van der Waals surface area contributed by atoms with E-state index in [-0.39, 0.29) is 5.91 Å². The number of carbonyl (C=O) groups is 1. The van der Waals surface area contributed by atoms with Gasteiger partial charge in [0.1, 0.15) is 11.9 Å². The van der Waals surface area contributed by atoms with Gasteiger partial charge in [-0.2, -0.15) is 0 Å². The van der Waals surface area contributed by atoms with Crippen molar-refractivity contribution in [2.24, 2.45) is 0 Å². The predicted octanol–water partition coefficient (Wildman–Crippen LogP) is 4.10. The van der Waals surface area contributed by atoms with Gasteiger partial charge >= 0.3 is 0 Å². The largest absolute Gasteiger partial charge is 0.439 e. The van der Waals surface area contributed by atoms with Crippen LogP contribution < -0.4 is 10.1 Å². The highest BCUT2D eigenvalue weighted by Gasteiger charge is 2.13. The zero-order valence-electron chi connectivity index (χ0n) is 15.2. The van der Waals surface area contributed by atoms with E-state index in [4.69, 9.17) is 9.47 Å². The van der Waals surface area contributed by atoms with Gasteiger partial charge < -0.3 is 14.8 Å². The molecule has 1 amide bonds. The minimum absolute atomic E-state index is 0.159. The summed E-state index contributed by atoms with van der Waals surface area (Å²) in [6.45, 7) is 2.53. The van der Waals surface area contributed by atoms with Crippen molar-refractivity contribution in [1.29, 1.82) is 0 Å². The first kappa shape index (κ1) is 18.6. The number of rotatable bonds is 8. The van der Waals surface area contributed by atoms with Crippen molar-refractivity contribution in [2.45, 2.75) is 26.2 Å². The number of aromatic nitrogens is 1. The van der Waals surface area contributed by atoms with Gasteiger partial charge in [0.25, 0.3) is 0 Å². The fourth-order valence-electron chi connectivity index (χ4n) is 2.43. The van der Waals surface area contributed by atoms with Gasteiger partial charge in [-0.1, -0.05) is 48.5 Å². The Bertz CT molecular complexity index is 854. The third kappa shape index (κ3) is 5.94. The van der Waals surface area contributed by atoms with Crippen LogP contribution in [0.2, 0.25) is 0 Å². The van der Waals surface area contributed by atoms with Crippen LogP contribution in [0.3, 0.4) is 0 Å². The zero-order chi connectivity index (χ0) is 18.9. The highest BCUT2D eigenvalue weighted by molar-refractivity contribution is 5.80. The molecule has 0 aliphatic heterocycles. The molecule has 1 heterocycles. The minimum atomic E-state index is -0.535. The van der Waals surface area contributed by atoms with E-state index in [0.717, 1.165) is 11.1 Å². The lowest BCUT2D eigenvalue weighted by Gasteiger charge is -2.14. The average molecular weight is 362 g/mol. The normalized spacial score (nSPS) is 11.6. The number of nitrogens with one attached hydrogen (secondary N) is 1. The summed E-state index contributed by atoms with van der Waals surface area (Å²) in [5.41, 5.74) is 1.94. The monoisotopic (exact) mass is 362 g/mol. The number of benzene rings is 2. The second-order valence-electron chi connectivity index (χ2n) is 6.07. The van der Waals surface area contributed by atoms with Crippen LogP contribution >= 0.6 is 0 Å². The van der Waals surface area contributed by atoms with E-state index in [1.807, 2.05) is 72.8 Å². The van der Waals surface area contributed by atoms with Crippen molar-refractivity contribution >= 4 is 5.91 Å². The number of nitrogens with zero attached hydrogens (tertiary/aromatic N) is 1. The number of amides is 1. The van der Waals surface area contributed by atoms with Crippen LogP contribution in [0, 0.1) is 0 Å². The van der Waals surface area contributed by atoms with Crippen molar-refractivity contribution in [3.63, 3.8) is 0 Å². The Labute approximate surface area is 159 Å². The van der Waals surface area contributed by atoms with Crippen molar-refractivity contribution in [1.82, 2.24) is 10.3 Å². The third-order valence-corrected chi connectivity index (χ3v) is 3.94. The molecule has 5 heteroatoms. The molecule has 2 aromatic carbocycles. The van der Waals surface area contributed by atoms with Crippen molar-refractivity contribution in [3.8, 4) is 11.6 Å². The second kappa shape index (κ2) is 9.50. The predicted molar refractivity (Wildman–Crippen MR) is 103 cm³/mol. The van der Waals surface area contributed by atoms with Crippen molar-refractivity contribution in [2.75, 3.05) is 0 Å². The van der Waals surface area contributed by atoms with E-state index in [9.17, 15) is 4.79 Å². The van der Waals surface area contributed by atoms with E-state index >= 15 is 0 Å². The molecule has 138 valence electrons. The highest BCUT2D eigenvalue weighted by atomic mass is 16.5. The summed E-state index contributed by atoms with van der Waals surface area (Å²) in [7, 11) is 0. The molecule has 0 fully saturated rings. The van der Waals surface area contributed by atoms with E-state index in [0.29, 0.717) is 24.8 Å². The first-order valence-corrected chi connectivity index (χ1v) is 8.82. The van der Waals surface area contributed by atoms with E-state index < -0.39 is 6.10 Å². The number of hydrogen-bond donors (Lipinski definition) is 1. The molecule has 3 aromatic rings. The number of ether oxygens (including phenoxy) is 2. The highest BCUT2D eigenvalue weighted by Crippen LogP contribution is 2.19. The minimum Gasteiger partial charge on any atom is -0.439 e. The molecule has 27 heavy (non-hydrogen) atoms. The van der Waals surface area contributed by atoms with Gasteiger partial charge in [-0.3, -0.25) is 4.79 Å². The molecule has 0 saturated heterocycles.